The Labute approximate surface area is 467 Å². The van der Waals surface area contributed by atoms with Gasteiger partial charge in [0.1, 0.15) is 39.6 Å². The summed E-state index contributed by atoms with van der Waals surface area (Å²) in [6, 6.07) is -1.96. The maximum Gasteiger partial charge on any atom is 0.407 e. The molecule has 0 aliphatic heterocycles. The number of hydrogen-bond donors (Lipinski definition) is 12. The number of ether oxygens (including phenoxy) is 12. The summed E-state index contributed by atoms with van der Waals surface area (Å²) in [5, 5.41) is 28.3. The summed E-state index contributed by atoms with van der Waals surface area (Å²) in [7, 11) is 10.5. The number of amides is 12. The zero-order chi connectivity index (χ0) is 60.9. The molecule has 12 N–H and O–H groups in total. The lowest BCUT2D eigenvalue weighted by Gasteiger charge is -2.33. The van der Waals surface area contributed by atoms with E-state index >= 15 is 0 Å². The predicted octanol–water partition coefficient (Wildman–Crippen LogP) is -3.61. The topological polar surface area (TPSA) is 460 Å². The zero-order valence-corrected chi connectivity index (χ0v) is 46.7. The summed E-state index contributed by atoms with van der Waals surface area (Å²) in [5.41, 5.74) is -1.36. The number of rotatable bonds is 40. The molecule has 0 rings (SSSR count). The van der Waals surface area contributed by atoms with Crippen molar-refractivity contribution in [3.05, 3.63) is 0 Å². The molecule has 0 aromatic carbocycles. The first-order chi connectivity index (χ1) is 38.7. The first-order valence-corrected chi connectivity index (χ1v) is 25.0. The molecule has 0 heterocycles. The van der Waals surface area contributed by atoms with E-state index in [9.17, 15) is 57.5 Å². The lowest BCUT2D eigenvalue weighted by molar-refractivity contribution is -0.130. The van der Waals surface area contributed by atoms with E-state index in [1.807, 2.05) is 0 Å². The van der Waals surface area contributed by atoms with Crippen molar-refractivity contribution in [1.82, 2.24) is 63.8 Å². The first kappa shape index (κ1) is 72.9. The largest absolute Gasteiger partial charge is 0.447 e. The standard InChI is InChI=1S/C45H80N12O24/c1-46-37(62)74-19-29(20-75-38(63)47-2)56-35(60)11-15-72-27-45(25-70-13-9-33(58)54-17-31(80-43(68)52-7)23-78-41(66)50-5,26-71-14-10-34(59)55-18-32(81-44(69)53-8)24-79-42(67)51-6)28-73-16-12-36(61)57-30(21-76-39(64)48-3)22-77-40(65)49-4/h29-32H,9-28H2,1-8H3,(H,46,62)(H,47,63)(H,48,64)(H,49,65)(H,50,66)(H,51,67)(H,52,68)(H,53,69)(H,54,58)(H,55,59)(H,56,60)(H,57,61). The van der Waals surface area contributed by atoms with Crippen LogP contribution < -0.4 is 63.8 Å². The number of hydrogen-bond acceptors (Lipinski definition) is 24. The fourth-order valence-electron chi connectivity index (χ4n) is 5.72. The highest BCUT2D eigenvalue weighted by Crippen LogP contribution is 2.22. The van der Waals surface area contributed by atoms with Gasteiger partial charge in [-0.15, -0.1) is 0 Å². The Hall–Kier alpha value is -8.12. The van der Waals surface area contributed by atoms with Gasteiger partial charge in [-0.05, 0) is 0 Å². The minimum absolute atomic E-state index is 0.255. The summed E-state index contributed by atoms with van der Waals surface area (Å²) in [5.74, 6) is -2.41. The third kappa shape index (κ3) is 38.2. The molecule has 2 unspecified atom stereocenters. The van der Waals surface area contributed by atoms with Gasteiger partial charge in [0, 0.05) is 82.1 Å². The molecule has 0 aromatic heterocycles. The molecule has 0 aromatic rings. The van der Waals surface area contributed by atoms with Crippen LogP contribution in [0.3, 0.4) is 0 Å². The summed E-state index contributed by atoms with van der Waals surface area (Å²) >= 11 is 0. The second kappa shape index (κ2) is 44.7. The lowest BCUT2D eigenvalue weighted by atomic mass is 9.92. The molecule has 0 bridgehead atoms. The van der Waals surface area contributed by atoms with Crippen molar-refractivity contribution in [2.45, 2.75) is 50.0 Å². The van der Waals surface area contributed by atoms with Crippen LogP contribution in [-0.2, 0) is 76.0 Å². The monoisotopic (exact) mass is 1170 g/mol. The minimum Gasteiger partial charge on any atom is -0.447 e. The van der Waals surface area contributed by atoms with Gasteiger partial charge in [-0.1, -0.05) is 0 Å². The molecule has 0 spiro atoms. The van der Waals surface area contributed by atoms with Gasteiger partial charge < -0.3 is 121 Å². The van der Waals surface area contributed by atoms with Gasteiger partial charge in [-0.3, -0.25) is 19.2 Å². The molecule has 0 radical (unpaired) electrons. The van der Waals surface area contributed by atoms with Gasteiger partial charge in [-0.2, -0.15) is 0 Å². The molecular formula is C45H80N12O24. The van der Waals surface area contributed by atoms with Crippen molar-refractivity contribution in [3.63, 3.8) is 0 Å². The molecule has 0 fully saturated rings. The number of alkyl carbamates (subject to hydrolysis) is 8. The third-order valence-electron chi connectivity index (χ3n) is 9.95. The molecule has 12 amide bonds. The van der Waals surface area contributed by atoms with Crippen LogP contribution in [0.5, 0.6) is 0 Å². The van der Waals surface area contributed by atoms with Gasteiger partial charge in [0.2, 0.25) is 23.6 Å². The molecule has 81 heavy (non-hydrogen) atoms. The molecule has 36 heteroatoms. The Morgan fingerprint density at radius 2 is 0.556 bits per heavy atom. The van der Waals surface area contributed by atoms with E-state index in [0.29, 0.717) is 0 Å². The molecule has 464 valence electrons. The van der Waals surface area contributed by atoms with E-state index in [1.54, 1.807) is 0 Å². The first-order valence-electron chi connectivity index (χ1n) is 25.0. The quantitative estimate of drug-likeness (QED) is 0.0208. The van der Waals surface area contributed by atoms with Crippen molar-refractivity contribution in [1.29, 1.82) is 0 Å². The van der Waals surface area contributed by atoms with E-state index in [-0.39, 0.29) is 118 Å². The van der Waals surface area contributed by atoms with Crippen molar-refractivity contribution in [3.8, 4) is 0 Å². The fraction of sp³-hybridized carbons (Fsp3) is 0.733. The van der Waals surface area contributed by atoms with Crippen LogP contribution in [0.15, 0.2) is 0 Å². The summed E-state index contributed by atoms with van der Waals surface area (Å²) < 4.78 is 64.3. The minimum atomic E-state index is -1.36. The van der Waals surface area contributed by atoms with Crippen LogP contribution in [0.2, 0.25) is 0 Å². The van der Waals surface area contributed by atoms with E-state index in [2.05, 4.69) is 63.8 Å². The highest BCUT2D eigenvalue weighted by atomic mass is 16.6. The Morgan fingerprint density at radius 1 is 0.321 bits per heavy atom. The summed E-state index contributed by atoms with van der Waals surface area (Å²) in [4.78, 5) is 146. The highest BCUT2D eigenvalue weighted by Gasteiger charge is 2.33. The molecule has 36 nitrogen and oxygen atoms in total. The number of carbonyl (C=O) groups is 12. The van der Waals surface area contributed by atoms with Gasteiger partial charge in [-0.25, -0.2) is 38.4 Å². The number of carbonyl (C=O) groups excluding carboxylic acids is 12. The SMILES string of the molecule is CNC(=O)OCC(COC(=O)NC)NC(=O)CCOCC(COCCC(=O)NCC(COC(=O)NC)OC(=O)NC)(COCCC(=O)NCC(COC(=O)NC)OC(=O)NC)COCCC(=O)NC(COC(=O)NC)COC(=O)NC. The van der Waals surface area contributed by atoms with Crippen LogP contribution >= 0.6 is 0 Å². The Morgan fingerprint density at radius 3 is 0.802 bits per heavy atom. The molecule has 2 atom stereocenters. The van der Waals surface area contributed by atoms with E-state index in [1.165, 1.54) is 56.4 Å². The molecule has 0 saturated heterocycles. The average molecular weight is 1170 g/mol. The Kier molecular flexibility index (Phi) is 40.2. The molecular weight excluding hydrogens is 1090 g/mol. The normalized spacial score (nSPS) is 11.4. The van der Waals surface area contributed by atoms with E-state index < -0.39 is 115 Å². The molecule has 0 aliphatic carbocycles. The number of nitrogens with one attached hydrogen (secondary N) is 12. The maximum absolute atomic E-state index is 13.1. The maximum atomic E-state index is 13.1. The Balaban J connectivity index is 6.58. The average Bonchev–Trinajstić information content (AvgIpc) is 3.46. The van der Waals surface area contributed by atoms with Gasteiger partial charge in [0.05, 0.1) is 83.4 Å². The van der Waals surface area contributed by atoms with E-state index in [4.69, 9.17) is 56.8 Å². The van der Waals surface area contributed by atoms with Crippen LogP contribution in [0, 0.1) is 5.41 Å². The predicted molar refractivity (Wildman–Crippen MR) is 275 cm³/mol. The lowest BCUT2D eigenvalue weighted by Crippen LogP contribution is -2.45. The van der Waals surface area contributed by atoms with Crippen LogP contribution in [-0.4, -0.2) is 259 Å². The molecule has 0 aliphatic rings. The second-order valence-electron chi connectivity index (χ2n) is 16.5. The highest BCUT2D eigenvalue weighted by molar-refractivity contribution is 5.78. The smallest absolute Gasteiger partial charge is 0.407 e. The van der Waals surface area contributed by atoms with Gasteiger partial charge >= 0.3 is 48.7 Å². The third-order valence-corrected chi connectivity index (χ3v) is 9.95. The van der Waals surface area contributed by atoms with Crippen molar-refractivity contribution in [2.24, 2.45) is 5.41 Å². The van der Waals surface area contributed by atoms with Crippen LogP contribution in [0.4, 0.5) is 38.4 Å². The van der Waals surface area contributed by atoms with Crippen molar-refractivity contribution in [2.75, 3.05) is 162 Å². The van der Waals surface area contributed by atoms with Gasteiger partial charge in [0.15, 0.2) is 12.2 Å². The Bertz CT molecular complexity index is 1780. The zero-order valence-electron chi connectivity index (χ0n) is 46.7. The molecule has 0 saturated carbocycles. The van der Waals surface area contributed by atoms with Crippen LogP contribution in [0.25, 0.3) is 0 Å². The van der Waals surface area contributed by atoms with Crippen LogP contribution in [0.1, 0.15) is 25.7 Å². The van der Waals surface area contributed by atoms with Crippen molar-refractivity contribution < 1.29 is 114 Å². The fourth-order valence-corrected chi connectivity index (χ4v) is 5.72. The summed E-state index contributed by atoms with van der Waals surface area (Å²) in [6.07, 6.45) is -9.95. The van der Waals surface area contributed by atoms with Gasteiger partial charge in [0.25, 0.3) is 0 Å². The summed E-state index contributed by atoms with van der Waals surface area (Å²) in [6.45, 7) is -5.16. The van der Waals surface area contributed by atoms with E-state index in [0.717, 1.165) is 0 Å². The second-order valence-corrected chi connectivity index (χ2v) is 16.5. The van der Waals surface area contributed by atoms with Crippen molar-refractivity contribution >= 4 is 72.4 Å².